The van der Waals surface area contributed by atoms with Crippen molar-refractivity contribution in [3.8, 4) is 23.3 Å². The quantitative estimate of drug-likeness (QED) is 0.298. The van der Waals surface area contributed by atoms with Crippen LogP contribution in [0.25, 0.3) is 16.9 Å². The van der Waals surface area contributed by atoms with Crippen LogP contribution >= 0.6 is 0 Å². The summed E-state index contributed by atoms with van der Waals surface area (Å²) in [5.74, 6) is 1.16. The molecule has 1 aliphatic heterocycles. The minimum atomic E-state index is -0.348. The molecule has 0 unspecified atom stereocenters. The smallest absolute Gasteiger partial charge is 0.335 e. The van der Waals surface area contributed by atoms with Crippen molar-refractivity contribution in [2.24, 2.45) is 5.41 Å². The second-order valence-corrected chi connectivity index (χ2v) is 10.5. The third kappa shape index (κ3) is 5.11. The van der Waals surface area contributed by atoms with Crippen LogP contribution in [-0.2, 0) is 11.3 Å². The molecule has 2 aromatic carbocycles. The number of rotatable bonds is 6. The summed E-state index contributed by atoms with van der Waals surface area (Å²) in [5.41, 5.74) is 7.00. The van der Waals surface area contributed by atoms with Gasteiger partial charge in [-0.25, -0.2) is 14.8 Å². The fourth-order valence-electron chi connectivity index (χ4n) is 4.63. The van der Waals surface area contributed by atoms with E-state index in [9.17, 15) is 14.9 Å². The molecule has 198 valence electrons. The lowest BCUT2D eigenvalue weighted by atomic mass is 9.92. The molecule has 0 bridgehead atoms. The second-order valence-electron chi connectivity index (χ2n) is 10.5. The van der Waals surface area contributed by atoms with Crippen LogP contribution in [0.5, 0.6) is 11.5 Å². The highest BCUT2D eigenvalue weighted by Gasteiger charge is 2.35. The van der Waals surface area contributed by atoms with E-state index in [0.29, 0.717) is 41.3 Å². The fourth-order valence-corrected chi connectivity index (χ4v) is 4.63. The molecular formula is C29H29N7O3. The normalized spacial score (nSPS) is 15.6. The standard InChI is InChI=1S/C29H29N7O3/c1-29(2,3)15-19(16-30)27(37)34-14-13-21(34)17-35-26-24(25(31)32-18-33-26)36(28(35)38)20-9-11-23(12-10-20)39-22-7-5-4-6-8-22/h4-12,15,18,21H,13-14,17H2,1-3H3,(H2,31,32,33)/b19-15-/t21-/m0/s1. The summed E-state index contributed by atoms with van der Waals surface area (Å²) in [6.45, 7) is 6.53. The lowest BCUT2D eigenvalue weighted by molar-refractivity contribution is -0.134. The number of imidazole rings is 1. The van der Waals surface area contributed by atoms with Gasteiger partial charge >= 0.3 is 5.69 Å². The number of nitrogens with zero attached hydrogens (tertiary/aromatic N) is 6. The summed E-state index contributed by atoms with van der Waals surface area (Å²) in [5, 5.41) is 9.59. The zero-order valence-corrected chi connectivity index (χ0v) is 22.0. The van der Waals surface area contributed by atoms with Gasteiger partial charge in [0.25, 0.3) is 5.91 Å². The zero-order chi connectivity index (χ0) is 27.7. The van der Waals surface area contributed by atoms with E-state index in [2.05, 4.69) is 9.97 Å². The van der Waals surface area contributed by atoms with E-state index in [4.69, 9.17) is 10.5 Å². The maximum Gasteiger partial charge on any atom is 0.335 e. The summed E-state index contributed by atoms with van der Waals surface area (Å²) >= 11 is 0. The van der Waals surface area contributed by atoms with Crippen molar-refractivity contribution in [2.45, 2.75) is 39.8 Å². The highest BCUT2D eigenvalue weighted by atomic mass is 16.5. The lowest BCUT2D eigenvalue weighted by Gasteiger charge is -2.41. The molecule has 1 aliphatic rings. The van der Waals surface area contributed by atoms with Crippen molar-refractivity contribution in [3.05, 3.63) is 83.1 Å². The van der Waals surface area contributed by atoms with Crippen molar-refractivity contribution in [1.82, 2.24) is 24.0 Å². The van der Waals surface area contributed by atoms with Gasteiger partial charge < -0.3 is 15.4 Å². The Balaban J connectivity index is 1.47. The monoisotopic (exact) mass is 523 g/mol. The average Bonchev–Trinajstić information content (AvgIpc) is 3.17. The van der Waals surface area contributed by atoms with E-state index in [-0.39, 0.29) is 41.0 Å². The van der Waals surface area contributed by atoms with Crippen LogP contribution < -0.4 is 16.2 Å². The van der Waals surface area contributed by atoms with Gasteiger partial charge in [0.05, 0.1) is 11.7 Å². The number of carbonyl (C=O) groups excluding carboxylic acids is 1. The van der Waals surface area contributed by atoms with Gasteiger partial charge in [0.2, 0.25) is 0 Å². The Bertz CT molecular complexity index is 1660. The molecule has 1 fully saturated rings. The van der Waals surface area contributed by atoms with Crippen molar-refractivity contribution >= 4 is 22.9 Å². The summed E-state index contributed by atoms with van der Waals surface area (Å²) < 4.78 is 8.87. The van der Waals surface area contributed by atoms with Gasteiger partial charge in [-0.15, -0.1) is 0 Å². The molecule has 0 aliphatic carbocycles. The average molecular weight is 524 g/mol. The van der Waals surface area contributed by atoms with Gasteiger partial charge in [0.1, 0.15) is 35.0 Å². The topological polar surface area (TPSA) is 132 Å². The Morgan fingerprint density at radius 2 is 1.82 bits per heavy atom. The van der Waals surface area contributed by atoms with E-state index in [1.807, 2.05) is 57.2 Å². The van der Waals surface area contributed by atoms with Crippen LogP contribution in [0.2, 0.25) is 0 Å². The van der Waals surface area contributed by atoms with Crippen molar-refractivity contribution in [2.75, 3.05) is 12.3 Å². The van der Waals surface area contributed by atoms with Crippen LogP contribution in [0.3, 0.4) is 0 Å². The number of ether oxygens (including phenoxy) is 1. The van der Waals surface area contributed by atoms with Crippen LogP contribution in [0, 0.1) is 16.7 Å². The van der Waals surface area contributed by atoms with Gasteiger partial charge in [0, 0.05) is 13.1 Å². The van der Waals surface area contributed by atoms with E-state index >= 15 is 0 Å². The first-order chi connectivity index (χ1) is 18.7. The summed E-state index contributed by atoms with van der Waals surface area (Å²) in [4.78, 5) is 37.0. The van der Waals surface area contributed by atoms with Crippen LogP contribution in [0.1, 0.15) is 27.2 Å². The molecule has 2 N–H and O–H groups in total. The third-order valence-corrected chi connectivity index (χ3v) is 6.53. The minimum absolute atomic E-state index is 0.103. The van der Waals surface area contributed by atoms with Crippen LogP contribution in [0.15, 0.2) is 77.4 Å². The van der Waals surface area contributed by atoms with E-state index < -0.39 is 0 Å². The van der Waals surface area contributed by atoms with E-state index in [1.54, 1.807) is 35.2 Å². The van der Waals surface area contributed by atoms with Gasteiger partial charge in [0.15, 0.2) is 11.5 Å². The Hall–Kier alpha value is -4.91. The Kier molecular flexibility index (Phi) is 6.66. The highest BCUT2D eigenvalue weighted by Crippen LogP contribution is 2.28. The molecule has 5 rings (SSSR count). The number of nitriles is 1. The number of hydrogen-bond acceptors (Lipinski definition) is 7. The number of aromatic nitrogens is 4. The molecule has 3 heterocycles. The number of nitrogen functional groups attached to an aromatic ring is 1. The van der Waals surface area contributed by atoms with E-state index in [0.717, 1.165) is 0 Å². The van der Waals surface area contributed by atoms with Crippen molar-refractivity contribution < 1.29 is 9.53 Å². The van der Waals surface area contributed by atoms with Gasteiger partial charge in [-0.05, 0) is 48.2 Å². The van der Waals surface area contributed by atoms with Crippen LogP contribution in [-0.4, -0.2) is 42.5 Å². The maximum absolute atomic E-state index is 13.8. The first-order valence-corrected chi connectivity index (χ1v) is 12.7. The van der Waals surface area contributed by atoms with Crippen molar-refractivity contribution in [1.29, 1.82) is 5.26 Å². The third-order valence-electron chi connectivity index (χ3n) is 6.53. The zero-order valence-electron chi connectivity index (χ0n) is 22.0. The van der Waals surface area contributed by atoms with Gasteiger partial charge in [-0.2, -0.15) is 5.26 Å². The molecule has 2 aromatic heterocycles. The number of amides is 1. The number of allylic oxidation sites excluding steroid dienone is 1. The molecule has 1 atom stereocenters. The largest absolute Gasteiger partial charge is 0.457 e. The van der Waals surface area contributed by atoms with E-state index in [1.165, 1.54) is 15.5 Å². The highest BCUT2D eigenvalue weighted by molar-refractivity contribution is 5.98. The van der Waals surface area contributed by atoms with Crippen LogP contribution in [0.4, 0.5) is 5.82 Å². The van der Waals surface area contributed by atoms with Gasteiger partial charge in [-0.1, -0.05) is 45.0 Å². The summed E-state index contributed by atoms with van der Waals surface area (Å²) in [6.07, 6.45) is 3.70. The van der Waals surface area contributed by atoms with Crippen molar-refractivity contribution in [3.63, 3.8) is 0 Å². The number of para-hydroxylation sites is 1. The Morgan fingerprint density at radius 3 is 2.44 bits per heavy atom. The number of carbonyl (C=O) groups is 1. The molecule has 10 nitrogen and oxygen atoms in total. The Labute approximate surface area is 225 Å². The second kappa shape index (κ2) is 10.1. The molecule has 0 radical (unpaired) electrons. The molecule has 39 heavy (non-hydrogen) atoms. The maximum atomic E-state index is 13.8. The molecule has 0 spiro atoms. The predicted molar refractivity (Wildman–Crippen MR) is 147 cm³/mol. The number of nitrogens with two attached hydrogens (primary N) is 1. The first kappa shape index (κ1) is 25.7. The molecule has 1 amide bonds. The Morgan fingerprint density at radius 1 is 1.13 bits per heavy atom. The molecule has 4 aromatic rings. The fraction of sp³-hybridized carbons (Fsp3) is 0.276. The first-order valence-electron chi connectivity index (χ1n) is 12.7. The summed E-state index contributed by atoms with van der Waals surface area (Å²) in [7, 11) is 0. The number of anilines is 1. The molecule has 1 saturated heterocycles. The minimum Gasteiger partial charge on any atom is -0.457 e. The number of hydrogen-bond donors (Lipinski definition) is 1. The summed E-state index contributed by atoms with van der Waals surface area (Å²) in [6, 6.07) is 18.3. The number of likely N-dealkylation sites (tertiary alicyclic amines) is 1. The SMILES string of the molecule is CC(C)(C)/C=C(/C#N)C(=O)N1CC[C@H]1Cn1c(=O)n(-c2ccc(Oc3ccccc3)cc2)c2c(N)ncnc21. The number of benzene rings is 2. The molecule has 0 saturated carbocycles. The lowest BCUT2D eigenvalue weighted by Crippen LogP contribution is -2.54. The van der Waals surface area contributed by atoms with Gasteiger partial charge in [-0.3, -0.25) is 13.9 Å². The predicted octanol–water partition coefficient (Wildman–Crippen LogP) is 4.05. The molecule has 10 heteroatoms. The number of fused-ring (bicyclic) bond motifs is 1. The molecular weight excluding hydrogens is 494 g/mol.